The first kappa shape index (κ1) is 10.7. The fourth-order valence-corrected chi connectivity index (χ4v) is 2.60. The van der Waals surface area contributed by atoms with Gasteiger partial charge in [-0.15, -0.1) is 0 Å². The standard InChI is InChI=1S/C14H18N2O/c1-14(2)7-11-10-5-4-9(17-3)6-12(10)16-13(11)8-15-14/h4-6,15-16H,7-8H2,1-3H3. The lowest BCUT2D eigenvalue weighted by atomic mass is 9.89. The van der Waals surface area contributed by atoms with Crippen LogP contribution in [0.1, 0.15) is 25.1 Å². The summed E-state index contributed by atoms with van der Waals surface area (Å²) in [4.78, 5) is 3.49. The summed E-state index contributed by atoms with van der Waals surface area (Å²) in [5.74, 6) is 0.906. The number of H-pyrrole nitrogens is 1. The SMILES string of the molecule is COc1ccc2c3c([nH]c2c1)CNC(C)(C)C3. The van der Waals surface area contributed by atoms with Crippen LogP contribution in [-0.2, 0) is 13.0 Å². The van der Waals surface area contributed by atoms with Crippen LogP contribution in [0.15, 0.2) is 18.2 Å². The fourth-order valence-electron chi connectivity index (χ4n) is 2.60. The molecule has 0 aliphatic carbocycles. The number of aromatic amines is 1. The number of nitrogens with one attached hydrogen (secondary N) is 2. The lowest BCUT2D eigenvalue weighted by Crippen LogP contribution is -2.44. The van der Waals surface area contributed by atoms with Gasteiger partial charge in [0.2, 0.25) is 0 Å². The summed E-state index contributed by atoms with van der Waals surface area (Å²) in [6.07, 6.45) is 1.06. The van der Waals surface area contributed by atoms with Crippen LogP contribution in [0, 0.1) is 0 Å². The van der Waals surface area contributed by atoms with Crippen LogP contribution in [0.2, 0.25) is 0 Å². The van der Waals surface area contributed by atoms with Gasteiger partial charge in [-0.25, -0.2) is 0 Å². The van der Waals surface area contributed by atoms with Crippen molar-refractivity contribution in [1.29, 1.82) is 0 Å². The van der Waals surface area contributed by atoms with Gasteiger partial charge >= 0.3 is 0 Å². The fraction of sp³-hybridized carbons (Fsp3) is 0.429. The highest BCUT2D eigenvalue weighted by molar-refractivity contribution is 5.86. The Morgan fingerprint density at radius 2 is 2.12 bits per heavy atom. The molecule has 0 amide bonds. The minimum Gasteiger partial charge on any atom is -0.497 e. The smallest absolute Gasteiger partial charge is 0.120 e. The lowest BCUT2D eigenvalue weighted by Gasteiger charge is -2.31. The summed E-state index contributed by atoms with van der Waals surface area (Å²) in [6, 6.07) is 6.26. The molecule has 1 aromatic heterocycles. The second-order valence-electron chi connectivity index (χ2n) is 5.41. The lowest BCUT2D eigenvalue weighted by molar-refractivity contribution is 0.361. The van der Waals surface area contributed by atoms with Gasteiger partial charge in [0.05, 0.1) is 7.11 Å². The molecule has 1 aliphatic heterocycles. The van der Waals surface area contributed by atoms with Crippen molar-refractivity contribution in [2.45, 2.75) is 32.4 Å². The molecule has 3 heteroatoms. The van der Waals surface area contributed by atoms with Gasteiger partial charge in [0.1, 0.15) is 5.75 Å². The van der Waals surface area contributed by atoms with Crippen LogP contribution in [0.3, 0.4) is 0 Å². The molecule has 2 N–H and O–H groups in total. The average molecular weight is 230 g/mol. The average Bonchev–Trinajstić information content (AvgIpc) is 2.64. The van der Waals surface area contributed by atoms with Crippen LogP contribution in [0.5, 0.6) is 5.75 Å². The van der Waals surface area contributed by atoms with Crippen molar-refractivity contribution in [2.24, 2.45) is 0 Å². The number of ether oxygens (including phenoxy) is 1. The van der Waals surface area contributed by atoms with Crippen molar-refractivity contribution in [3.8, 4) is 5.75 Å². The maximum absolute atomic E-state index is 5.26. The molecule has 0 atom stereocenters. The van der Waals surface area contributed by atoms with Crippen molar-refractivity contribution in [3.05, 3.63) is 29.5 Å². The largest absolute Gasteiger partial charge is 0.497 e. The number of methoxy groups -OCH3 is 1. The number of fused-ring (bicyclic) bond motifs is 3. The van der Waals surface area contributed by atoms with Crippen molar-refractivity contribution in [1.82, 2.24) is 10.3 Å². The van der Waals surface area contributed by atoms with Gasteiger partial charge in [-0.05, 0) is 38.0 Å². The van der Waals surface area contributed by atoms with Gasteiger partial charge in [-0.3, -0.25) is 0 Å². The summed E-state index contributed by atoms with van der Waals surface area (Å²) in [7, 11) is 1.70. The predicted octanol–water partition coefficient (Wildman–Crippen LogP) is 2.60. The Labute approximate surface area is 101 Å². The van der Waals surface area contributed by atoms with E-state index in [-0.39, 0.29) is 5.54 Å². The molecular formula is C14H18N2O. The molecule has 0 saturated heterocycles. The van der Waals surface area contributed by atoms with Crippen molar-refractivity contribution >= 4 is 10.9 Å². The second-order valence-corrected chi connectivity index (χ2v) is 5.41. The third kappa shape index (κ3) is 1.71. The Hall–Kier alpha value is -1.48. The molecule has 0 spiro atoms. The summed E-state index contributed by atoms with van der Waals surface area (Å²) in [5.41, 5.74) is 4.12. The molecule has 3 nitrogen and oxygen atoms in total. The molecule has 1 aliphatic rings. The topological polar surface area (TPSA) is 37.0 Å². The number of benzene rings is 1. The molecule has 2 heterocycles. The third-order valence-electron chi connectivity index (χ3n) is 3.56. The Balaban J connectivity index is 2.16. The second kappa shape index (κ2) is 3.50. The minimum atomic E-state index is 0.183. The van der Waals surface area contributed by atoms with Gasteiger partial charge in [0.25, 0.3) is 0 Å². The monoisotopic (exact) mass is 230 g/mol. The van der Waals surface area contributed by atoms with Crippen molar-refractivity contribution in [2.75, 3.05) is 7.11 Å². The number of rotatable bonds is 1. The number of hydrogen-bond donors (Lipinski definition) is 2. The zero-order valence-corrected chi connectivity index (χ0v) is 10.6. The molecule has 3 rings (SSSR count). The van der Waals surface area contributed by atoms with E-state index in [1.165, 1.54) is 22.2 Å². The molecule has 17 heavy (non-hydrogen) atoms. The van der Waals surface area contributed by atoms with E-state index in [1.54, 1.807) is 7.11 Å². The highest BCUT2D eigenvalue weighted by Gasteiger charge is 2.27. The van der Waals surface area contributed by atoms with E-state index in [2.05, 4.69) is 36.3 Å². The van der Waals surface area contributed by atoms with Crippen molar-refractivity contribution < 1.29 is 4.74 Å². The van der Waals surface area contributed by atoms with Gasteiger partial charge in [0, 0.05) is 34.7 Å². The predicted molar refractivity (Wildman–Crippen MR) is 69.5 cm³/mol. The van der Waals surface area contributed by atoms with E-state index >= 15 is 0 Å². The Morgan fingerprint density at radius 1 is 1.29 bits per heavy atom. The normalized spacial score (nSPS) is 18.1. The van der Waals surface area contributed by atoms with E-state index in [0.29, 0.717) is 0 Å². The van der Waals surface area contributed by atoms with Crippen LogP contribution in [0.25, 0.3) is 10.9 Å². The van der Waals surface area contributed by atoms with E-state index < -0.39 is 0 Å². The highest BCUT2D eigenvalue weighted by atomic mass is 16.5. The molecular weight excluding hydrogens is 212 g/mol. The molecule has 0 fully saturated rings. The molecule has 1 aromatic carbocycles. The van der Waals surface area contributed by atoms with Crippen LogP contribution in [0.4, 0.5) is 0 Å². The molecule has 2 aromatic rings. The van der Waals surface area contributed by atoms with E-state index in [4.69, 9.17) is 4.74 Å². The molecule has 0 unspecified atom stereocenters. The molecule has 0 radical (unpaired) electrons. The summed E-state index contributed by atoms with van der Waals surface area (Å²) in [6.45, 7) is 5.41. The minimum absolute atomic E-state index is 0.183. The Morgan fingerprint density at radius 3 is 2.88 bits per heavy atom. The zero-order chi connectivity index (χ0) is 12.0. The zero-order valence-electron chi connectivity index (χ0n) is 10.6. The van der Waals surface area contributed by atoms with Crippen LogP contribution < -0.4 is 10.1 Å². The van der Waals surface area contributed by atoms with Crippen molar-refractivity contribution in [3.63, 3.8) is 0 Å². The van der Waals surface area contributed by atoms with Gasteiger partial charge < -0.3 is 15.0 Å². The van der Waals surface area contributed by atoms with E-state index in [0.717, 1.165) is 18.7 Å². The quantitative estimate of drug-likeness (QED) is 0.790. The maximum atomic E-state index is 5.26. The third-order valence-corrected chi connectivity index (χ3v) is 3.56. The molecule has 90 valence electrons. The number of hydrogen-bond acceptors (Lipinski definition) is 2. The van der Waals surface area contributed by atoms with E-state index in [9.17, 15) is 0 Å². The Bertz CT molecular complexity index is 569. The van der Waals surface area contributed by atoms with E-state index in [1.807, 2.05) is 6.07 Å². The summed E-state index contributed by atoms with van der Waals surface area (Å²) < 4.78 is 5.26. The molecule has 0 saturated carbocycles. The van der Waals surface area contributed by atoms with Crippen LogP contribution >= 0.6 is 0 Å². The highest BCUT2D eigenvalue weighted by Crippen LogP contribution is 2.31. The van der Waals surface area contributed by atoms with Gasteiger partial charge in [-0.2, -0.15) is 0 Å². The van der Waals surface area contributed by atoms with Gasteiger partial charge in [-0.1, -0.05) is 0 Å². The first-order valence-corrected chi connectivity index (χ1v) is 6.01. The van der Waals surface area contributed by atoms with Crippen LogP contribution in [-0.4, -0.2) is 17.6 Å². The summed E-state index contributed by atoms with van der Waals surface area (Å²) >= 11 is 0. The Kier molecular flexibility index (Phi) is 2.20. The molecule has 0 bridgehead atoms. The van der Waals surface area contributed by atoms with Gasteiger partial charge in [0.15, 0.2) is 0 Å². The first-order valence-electron chi connectivity index (χ1n) is 6.01. The maximum Gasteiger partial charge on any atom is 0.120 e. The number of aromatic nitrogens is 1. The first-order chi connectivity index (χ1) is 8.09. The summed E-state index contributed by atoms with van der Waals surface area (Å²) in [5, 5.41) is 4.87.